The standard InChI is InChI=1S/C18H23N5O/c1-14(24)22-17-11-15(6-7-20-17)4-5-16-3-2-10-23(13-16)18-12-19-8-9-21-18/h6-9,11-12,16H,2-5,10,13H2,1H3,(H,20,22,24)/t16-/m1/s1. The molecule has 6 nitrogen and oxygen atoms in total. The largest absolute Gasteiger partial charge is 0.355 e. The number of aromatic nitrogens is 3. The van der Waals surface area contributed by atoms with Crippen LogP contribution in [0.1, 0.15) is 31.7 Å². The molecule has 3 rings (SSSR count). The molecule has 1 aliphatic rings. The van der Waals surface area contributed by atoms with E-state index in [1.807, 2.05) is 18.3 Å². The maximum atomic E-state index is 11.1. The second kappa shape index (κ2) is 7.86. The number of anilines is 2. The second-order valence-corrected chi connectivity index (χ2v) is 6.29. The van der Waals surface area contributed by atoms with Crippen LogP contribution in [0, 0.1) is 5.92 Å². The topological polar surface area (TPSA) is 71.0 Å². The van der Waals surface area contributed by atoms with Gasteiger partial charge in [0.15, 0.2) is 0 Å². The number of aryl methyl sites for hydroxylation is 1. The fourth-order valence-electron chi connectivity index (χ4n) is 3.21. The maximum Gasteiger partial charge on any atom is 0.222 e. The molecule has 1 atom stereocenters. The minimum absolute atomic E-state index is 0.0912. The number of carbonyl (C=O) groups is 1. The summed E-state index contributed by atoms with van der Waals surface area (Å²) in [6.07, 6.45) is 11.6. The summed E-state index contributed by atoms with van der Waals surface area (Å²) in [7, 11) is 0. The van der Waals surface area contributed by atoms with Gasteiger partial charge in [-0.3, -0.25) is 9.78 Å². The Hall–Kier alpha value is -2.50. The number of hydrogen-bond acceptors (Lipinski definition) is 5. The molecule has 0 bridgehead atoms. The summed E-state index contributed by atoms with van der Waals surface area (Å²) in [5, 5.41) is 2.74. The zero-order valence-electron chi connectivity index (χ0n) is 14.0. The number of nitrogens with one attached hydrogen (secondary N) is 1. The van der Waals surface area contributed by atoms with Crippen molar-refractivity contribution in [3.8, 4) is 0 Å². The molecule has 0 radical (unpaired) electrons. The quantitative estimate of drug-likeness (QED) is 0.915. The molecule has 1 N–H and O–H groups in total. The third-order valence-corrected chi connectivity index (χ3v) is 4.36. The van der Waals surface area contributed by atoms with Gasteiger partial charge in [0.2, 0.25) is 5.91 Å². The average molecular weight is 325 g/mol. The average Bonchev–Trinajstić information content (AvgIpc) is 2.61. The Balaban J connectivity index is 1.55. The van der Waals surface area contributed by atoms with Crippen LogP contribution < -0.4 is 10.2 Å². The normalized spacial score (nSPS) is 17.5. The van der Waals surface area contributed by atoms with E-state index in [1.165, 1.54) is 25.3 Å². The van der Waals surface area contributed by atoms with Crippen LogP contribution >= 0.6 is 0 Å². The van der Waals surface area contributed by atoms with E-state index in [1.54, 1.807) is 18.6 Å². The summed E-state index contributed by atoms with van der Waals surface area (Å²) in [6, 6.07) is 3.99. The molecule has 6 heteroatoms. The van der Waals surface area contributed by atoms with Crippen LogP contribution in [0.15, 0.2) is 36.9 Å². The van der Waals surface area contributed by atoms with Crippen LogP contribution in [0.2, 0.25) is 0 Å². The molecule has 2 aromatic heterocycles. The van der Waals surface area contributed by atoms with Crippen LogP contribution in [0.4, 0.5) is 11.6 Å². The zero-order chi connectivity index (χ0) is 16.8. The smallest absolute Gasteiger partial charge is 0.222 e. The minimum atomic E-state index is -0.0912. The molecule has 1 saturated heterocycles. The van der Waals surface area contributed by atoms with Gasteiger partial charge in [0, 0.05) is 38.6 Å². The molecule has 0 aromatic carbocycles. The van der Waals surface area contributed by atoms with E-state index in [2.05, 4.69) is 25.2 Å². The van der Waals surface area contributed by atoms with Crippen LogP contribution in [-0.4, -0.2) is 33.9 Å². The fraction of sp³-hybridized carbons (Fsp3) is 0.444. The number of carbonyl (C=O) groups excluding carboxylic acids is 1. The van der Waals surface area contributed by atoms with Crippen molar-refractivity contribution in [3.63, 3.8) is 0 Å². The van der Waals surface area contributed by atoms with E-state index in [9.17, 15) is 4.79 Å². The van der Waals surface area contributed by atoms with Crippen LogP contribution in [0.5, 0.6) is 0 Å². The van der Waals surface area contributed by atoms with Gasteiger partial charge in [-0.05, 0) is 49.3 Å². The minimum Gasteiger partial charge on any atom is -0.355 e. The first kappa shape index (κ1) is 16.4. The Bertz CT molecular complexity index is 676. The van der Waals surface area contributed by atoms with Crippen molar-refractivity contribution in [3.05, 3.63) is 42.5 Å². The molecule has 0 unspecified atom stereocenters. The molecule has 1 aliphatic heterocycles. The molecule has 3 heterocycles. The third-order valence-electron chi connectivity index (χ3n) is 4.36. The van der Waals surface area contributed by atoms with Crippen molar-refractivity contribution in [1.29, 1.82) is 0 Å². The highest BCUT2D eigenvalue weighted by Crippen LogP contribution is 2.24. The summed E-state index contributed by atoms with van der Waals surface area (Å²) < 4.78 is 0. The molecular formula is C18H23N5O. The van der Waals surface area contributed by atoms with E-state index in [4.69, 9.17) is 0 Å². The van der Waals surface area contributed by atoms with Crippen molar-refractivity contribution in [2.45, 2.75) is 32.6 Å². The van der Waals surface area contributed by atoms with Gasteiger partial charge >= 0.3 is 0 Å². The van der Waals surface area contributed by atoms with Gasteiger partial charge in [0.1, 0.15) is 11.6 Å². The Morgan fingerprint density at radius 3 is 3.04 bits per heavy atom. The third kappa shape index (κ3) is 4.50. The summed E-state index contributed by atoms with van der Waals surface area (Å²) in [6.45, 7) is 3.58. The van der Waals surface area contributed by atoms with Crippen LogP contribution in [-0.2, 0) is 11.2 Å². The first-order valence-electron chi connectivity index (χ1n) is 8.44. The van der Waals surface area contributed by atoms with Crippen molar-refractivity contribution < 1.29 is 4.79 Å². The van der Waals surface area contributed by atoms with Crippen LogP contribution in [0.25, 0.3) is 0 Å². The summed E-state index contributed by atoms with van der Waals surface area (Å²) in [5.41, 5.74) is 1.21. The van der Waals surface area contributed by atoms with Gasteiger partial charge < -0.3 is 10.2 Å². The molecule has 0 spiro atoms. The van der Waals surface area contributed by atoms with E-state index < -0.39 is 0 Å². The lowest BCUT2D eigenvalue weighted by Gasteiger charge is -2.33. The van der Waals surface area contributed by atoms with Gasteiger partial charge in [-0.25, -0.2) is 9.97 Å². The number of amides is 1. The van der Waals surface area contributed by atoms with Crippen molar-refractivity contribution in [2.75, 3.05) is 23.3 Å². The van der Waals surface area contributed by atoms with Crippen molar-refractivity contribution >= 4 is 17.5 Å². The Kier molecular flexibility index (Phi) is 5.36. The van der Waals surface area contributed by atoms with E-state index in [-0.39, 0.29) is 5.91 Å². The summed E-state index contributed by atoms with van der Waals surface area (Å²) in [4.78, 5) is 26.2. The fourth-order valence-corrected chi connectivity index (χ4v) is 3.21. The highest BCUT2D eigenvalue weighted by Gasteiger charge is 2.20. The first-order valence-corrected chi connectivity index (χ1v) is 8.44. The summed E-state index contributed by atoms with van der Waals surface area (Å²) >= 11 is 0. The molecule has 24 heavy (non-hydrogen) atoms. The number of hydrogen-bond donors (Lipinski definition) is 1. The lowest BCUT2D eigenvalue weighted by Crippen LogP contribution is -2.36. The lowest BCUT2D eigenvalue weighted by atomic mass is 9.92. The second-order valence-electron chi connectivity index (χ2n) is 6.29. The van der Waals surface area contributed by atoms with E-state index >= 15 is 0 Å². The van der Waals surface area contributed by atoms with Crippen molar-refractivity contribution in [1.82, 2.24) is 15.0 Å². The molecule has 0 aliphatic carbocycles. The molecule has 126 valence electrons. The van der Waals surface area contributed by atoms with Gasteiger partial charge in [-0.1, -0.05) is 0 Å². The zero-order valence-corrected chi connectivity index (χ0v) is 14.0. The molecule has 2 aromatic rings. The van der Waals surface area contributed by atoms with Gasteiger partial charge in [0.05, 0.1) is 6.20 Å². The first-order chi connectivity index (χ1) is 11.7. The summed E-state index contributed by atoms with van der Waals surface area (Å²) in [5.74, 6) is 2.16. The number of nitrogens with zero attached hydrogens (tertiary/aromatic N) is 4. The number of rotatable bonds is 5. The Labute approximate surface area is 142 Å². The lowest BCUT2D eigenvalue weighted by molar-refractivity contribution is -0.114. The SMILES string of the molecule is CC(=O)Nc1cc(CC[C@H]2CCCN(c3cnccn3)C2)ccn1. The predicted octanol–water partition coefficient (Wildman–Crippen LogP) is 2.68. The van der Waals surface area contributed by atoms with E-state index in [0.717, 1.165) is 31.7 Å². The Morgan fingerprint density at radius 1 is 1.33 bits per heavy atom. The highest BCUT2D eigenvalue weighted by molar-refractivity contribution is 5.87. The molecule has 0 saturated carbocycles. The molecular weight excluding hydrogens is 302 g/mol. The predicted molar refractivity (Wildman–Crippen MR) is 93.8 cm³/mol. The highest BCUT2D eigenvalue weighted by atomic mass is 16.1. The van der Waals surface area contributed by atoms with Gasteiger partial charge in [-0.2, -0.15) is 0 Å². The van der Waals surface area contributed by atoms with E-state index in [0.29, 0.717) is 11.7 Å². The monoisotopic (exact) mass is 325 g/mol. The maximum absolute atomic E-state index is 11.1. The number of piperidine rings is 1. The van der Waals surface area contributed by atoms with Crippen molar-refractivity contribution in [2.24, 2.45) is 5.92 Å². The molecule has 1 amide bonds. The number of pyridine rings is 1. The van der Waals surface area contributed by atoms with Crippen LogP contribution in [0.3, 0.4) is 0 Å². The van der Waals surface area contributed by atoms with Gasteiger partial charge in [0.25, 0.3) is 0 Å². The molecule has 1 fully saturated rings. The van der Waals surface area contributed by atoms with Gasteiger partial charge in [-0.15, -0.1) is 0 Å². The Morgan fingerprint density at radius 2 is 2.25 bits per heavy atom.